The molecule has 1 atom stereocenters. The zero-order valence-electron chi connectivity index (χ0n) is 10.7. The highest BCUT2D eigenvalue weighted by atomic mass is 32.2. The van der Waals surface area contributed by atoms with Crippen LogP contribution in [0.15, 0.2) is 29.2 Å². The molecule has 0 aliphatic heterocycles. The number of hydrogen-bond acceptors (Lipinski definition) is 4. The van der Waals surface area contributed by atoms with Gasteiger partial charge in [-0.05, 0) is 25.5 Å². The lowest BCUT2D eigenvalue weighted by atomic mass is 10.00. The maximum Gasteiger partial charge on any atom is 0.341 e. The van der Waals surface area contributed by atoms with E-state index in [0.29, 0.717) is 6.42 Å². The second-order valence-electron chi connectivity index (χ2n) is 4.50. The van der Waals surface area contributed by atoms with Gasteiger partial charge in [0.05, 0.1) is 22.7 Å². The van der Waals surface area contributed by atoms with Crippen LogP contribution in [0.5, 0.6) is 0 Å². The predicted octanol–water partition coefficient (Wildman–Crippen LogP) is 2.26. The SMILES string of the molecule is CCC(C)(CO)Nc1ccccc1S(=O)(=O)C(F)F. The van der Waals surface area contributed by atoms with Gasteiger partial charge in [-0.1, -0.05) is 19.1 Å². The van der Waals surface area contributed by atoms with Crippen molar-refractivity contribution in [3.63, 3.8) is 0 Å². The molecule has 0 spiro atoms. The summed E-state index contributed by atoms with van der Waals surface area (Å²) in [7, 11) is -4.67. The van der Waals surface area contributed by atoms with Crippen LogP contribution in [0.1, 0.15) is 20.3 Å². The highest BCUT2D eigenvalue weighted by Crippen LogP contribution is 2.29. The summed E-state index contributed by atoms with van der Waals surface area (Å²) in [6.07, 6.45) is 0.507. The van der Waals surface area contributed by atoms with Crippen molar-refractivity contribution in [2.45, 2.75) is 36.5 Å². The fourth-order valence-corrected chi connectivity index (χ4v) is 2.36. The molecule has 1 aromatic rings. The first-order chi connectivity index (χ1) is 8.77. The fourth-order valence-electron chi connectivity index (χ4n) is 1.48. The molecule has 0 fully saturated rings. The van der Waals surface area contributed by atoms with E-state index in [4.69, 9.17) is 0 Å². The number of hydrogen-bond donors (Lipinski definition) is 2. The Morgan fingerprint density at radius 3 is 2.42 bits per heavy atom. The van der Waals surface area contributed by atoms with E-state index in [1.165, 1.54) is 12.1 Å². The second-order valence-corrected chi connectivity index (χ2v) is 6.39. The van der Waals surface area contributed by atoms with Crippen LogP contribution in [0.2, 0.25) is 0 Å². The molecule has 0 amide bonds. The topological polar surface area (TPSA) is 66.4 Å². The van der Waals surface area contributed by atoms with E-state index in [-0.39, 0.29) is 12.3 Å². The highest BCUT2D eigenvalue weighted by Gasteiger charge is 2.31. The van der Waals surface area contributed by atoms with Gasteiger partial charge in [-0.2, -0.15) is 8.78 Å². The maximum atomic E-state index is 12.6. The van der Waals surface area contributed by atoms with E-state index in [2.05, 4.69) is 5.32 Å². The molecule has 19 heavy (non-hydrogen) atoms. The molecular formula is C12H17F2NO3S. The van der Waals surface area contributed by atoms with Crippen molar-refractivity contribution in [1.29, 1.82) is 0 Å². The van der Waals surface area contributed by atoms with Crippen LogP contribution in [-0.4, -0.2) is 31.4 Å². The zero-order valence-corrected chi connectivity index (χ0v) is 11.5. The highest BCUT2D eigenvalue weighted by molar-refractivity contribution is 7.91. The first kappa shape index (κ1) is 15.8. The van der Waals surface area contributed by atoms with Gasteiger partial charge >= 0.3 is 5.76 Å². The van der Waals surface area contributed by atoms with Gasteiger partial charge < -0.3 is 10.4 Å². The van der Waals surface area contributed by atoms with Crippen molar-refractivity contribution < 1.29 is 22.3 Å². The van der Waals surface area contributed by atoms with Crippen molar-refractivity contribution in [3.8, 4) is 0 Å². The summed E-state index contributed by atoms with van der Waals surface area (Å²) in [5.74, 6) is -3.47. The molecule has 4 nitrogen and oxygen atoms in total. The Morgan fingerprint density at radius 1 is 1.37 bits per heavy atom. The molecule has 0 radical (unpaired) electrons. The molecule has 0 aliphatic carbocycles. The largest absolute Gasteiger partial charge is 0.394 e. The third-order valence-electron chi connectivity index (χ3n) is 2.99. The normalized spacial score (nSPS) is 15.3. The standard InChI is InChI=1S/C12H17F2NO3S/c1-3-12(2,8-16)15-9-6-4-5-7-10(9)19(17,18)11(13)14/h4-7,11,15-16H,3,8H2,1-2H3. The number of aliphatic hydroxyl groups excluding tert-OH is 1. The number of anilines is 1. The number of para-hydroxylation sites is 1. The number of nitrogens with one attached hydrogen (secondary N) is 1. The summed E-state index contributed by atoms with van der Waals surface area (Å²) in [5, 5.41) is 12.1. The summed E-state index contributed by atoms with van der Waals surface area (Å²) in [4.78, 5) is -0.460. The molecule has 1 unspecified atom stereocenters. The maximum absolute atomic E-state index is 12.6. The van der Waals surface area contributed by atoms with Crippen molar-refractivity contribution in [3.05, 3.63) is 24.3 Å². The van der Waals surface area contributed by atoms with Crippen LogP contribution < -0.4 is 5.32 Å². The molecule has 108 valence electrons. The van der Waals surface area contributed by atoms with Gasteiger partial charge in [0.15, 0.2) is 0 Å². The first-order valence-electron chi connectivity index (χ1n) is 5.77. The monoisotopic (exact) mass is 293 g/mol. The quantitative estimate of drug-likeness (QED) is 0.844. The summed E-state index contributed by atoms with van der Waals surface area (Å²) in [6.45, 7) is 3.23. The minimum atomic E-state index is -4.67. The third-order valence-corrected chi connectivity index (χ3v) is 4.43. The van der Waals surface area contributed by atoms with Crippen molar-refractivity contribution >= 4 is 15.5 Å². The lowest BCUT2D eigenvalue weighted by molar-refractivity contribution is 0.218. The van der Waals surface area contributed by atoms with Crippen LogP contribution in [-0.2, 0) is 9.84 Å². The van der Waals surface area contributed by atoms with E-state index < -0.39 is 26.0 Å². The average molecular weight is 293 g/mol. The predicted molar refractivity (Wildman–Crippen MR) is 69.0 cm³/mol. The first-order valence-corrected chi connectivity index (χ1v) is 7.31. The summed E-state index contributed by atoms with van der Waals surface area (Å²) in [5.41, 5.74) is -0.700. The van der Waals surface area contributed by atoms with Gasteiger partial charge in [0.25, 0.3) is 0 Å². The number of alkyl halides is 2. The Balaban J connectivity index is 3.25. The minimum absolute atomic E-state index is 0.0706. The smallest absolute Gasteiger partial charge is 0.341 e. The van der Waals surface area contributed by atoms with Gasteiger partial charge in [0.1, 0.15) is 0 Å². The van der Waals surface area contributed by atoms with E-state index in [9.17, 15) is 22.3 Å². The van der Waals surface area contributed by atoms with Gasteiger partial charge in [-0.25, -0.2) is 8.42 Å². The van der Waals surface area contributed by atoms with Crippen molar-refractivity contribution in [1.82, 2.24) is 0 Å². The van der Waals surface area contributed by atoms with Gasteiger partial charge in [0.2, 0.25) is 9.84 Å². The molecule has 1 aromatic carbocycles. The molecule has 0 heterocycles. The molecule has 0 bridgehead atoms. The number of rotatable bonds is 6. The molecule has 0 saturated heterocycles. The van der Waals surface area contributed by atoms with Crippen LogP contribution in [0.25, 0.3) is 0 Å². The number of aliphatic hydroxyl groups is 1. The summed E-state index contributed by atoms with van der Waals surface area (Å²) < 4.78 is 48.3. The third kappa shape index (κ3) is 3.42. The second kappa shape index (κ2) is 5.83. The number of sulfone groups is 1. The summed E-state index contributed by atoms with van der Waals surface area (Å²) in [6, 6.07) is 5.44. The average Bonchev–Trinajstić information content (AvgIpc) is 2.38. The van der Waals surface area contributed by atoms with E-state index in [0.717, 1.165) is 6.07 Å². The Hall–Kier alpha value is -1.21. The molecular weight excluding hydrogens is 276 g/mol. The Morgan fingerprint density at radius 2 is 1.95 bits per heavy atom. The van der Waals surface area contributed by atoms with Gasteiger partial charge in [-0.15, -0.1) is 0 Å². The molecule has 1 rings (SSSR count). The lowest BCUT2D eigenvalue weighted by Crippen LogP contribution is -2.38. The molecule has 7 heteroatoms. The number of benzene rings is 1. The van der Waals surface area contributed by atoms with Crippen LogP contribution in [0, 0.1) is 0 Å². The van der Waals surface area contributed by atoms with Crippen LogP contribution in [0.4, 0.5) is 14.5 Å². The van der Waals surface area contributed by atoms with Crippen molar-refractivity contribution in [2.75, 3.05) is 11.9 Å². The molecule has 0 aromatic heterocycles. The Bertz CT molecular complexity index is 528. The Kier molecular flexibility index (Phi) is 4.86. The van der Waals surface area contributed by atoms with Crippen LogP contribution in [0.3, 0.4) is 0 Å². The van der Waals surface area contributed by atoms with Gasteiger partial charge in [0, 0.05) is 0 Å². The van der Waals surface area contributed by atoms with Crippen molar-refractivity contribution in [2.24, 2.45) is 0 Å². The molecule has 0 saturated carbocycles. The Labute approximate surface area is 111 Å². The number of halogens is 2. The molecule has 2 N–H and O–H groups in total. The fraction of sp³-hybridized carbons (Fsp3) is 0.500. The van der Waals surface area contributed by atoms with Gasteiger partial charge in [-0.3, -0.25) is 0 Å². The molecule has 0 aliphatic rings. The minimum Gasteiger partial charge on any atom is -0.394 e. The van der Waals surface area contributed by atoms with Crippen LogP contribution >= 0.6 is 0 Å². The van der Waals surface area contributed by atoms with E-state index in [1.807, 2.05) is 0 Å². The lowest BCUT2D eigenvalue weighted by Gasteiger charge is -2.29. The zero-order chi connectivity index (χ0) is 14.7. The summed E-state index contributed by atoms with van der Waals surface area (Å²) >= 11 is 0. The van der Waals surface area contributed by atoms with E-state index >= 15 is 0 Å². The van der Waals surface area contributed by atoms with E-state index in [1.54, 1.807) is 19.9 Å².